The van der Waals surface area contributed by atoms with E-state index in [1.807, 2.05) is 13.8 Å². The minimum absolute atomic E-state index is 0.0501. The summed E-state index contributed by atoms with van der Waals surface area (Å²) in [4.78, 5) is 15.9. The van der Waals surface area contributed by atoms with Crippen LogP contribution in [0.5, 0.6) is 0 Å². The Morgan fingerprint density at radius 1 is 1.56 bits per heavy atom. The molecule has 0 bridgehead atoms. The molecule has 2 N–H and O–H groups in total. The summed E-state index contributed by atoms with van der Waals surface area (Å²) < 4.78 is 14.0. The van der Waals surface area contributed by atoms with Gasteiger partial charge in [-0.15, -0.1) is 0 Å². The zero-order valence-electron chi connectivity index (χ0n) is 10.7. The fourth-order valence-corrected chi connectivity index (χ4v) is 2.08. The molecule has 0 spiro atoms. The Balaban J connectivity index is 2.17. The normalized spacial score (nSPS) is 16.8. The number of nitrogens with one attached hydrogen (secondary N) is 2. The molecule has 1 aliphatic carbocycles. The second kappa shape index (κ2) is 4.92. The van der Waals surface area contributed by atoms with E-state index in [0.717, 1.165) is 19.3 Å². The molecule has 18 heavy (non-hydrogen) atoms. The Morgan fingerprint density at radius 2 is 2.28 bits per heavy atom. The minimum atomic E-state index is -0.584. The molecular formula is C13H18FN3O. The number of amides is 1. The zero-order chi connectivity index (χ0) is 13.2. The summed E-state index contributed by atoms with van der Waals surface area (Å²) in [7, 11) is 0. The lowest BCUT2D eigenvalue weighted by Gasteiger charge is -2.39. The number of pyridine rings is 1. The number of halogens is 1. The Hall–Kier alpha value is -1.65. The summed E-state index contributed by atoms with van der Waals surface area (Å²) in [6.07, 6.45) is 4.45. The number of anilines is 1. The van der Waals surface area contributed by atoms with Crippen molar-refractivity contribution in [3.63, 3.8) is 0 Å². The molecule has 1 aromatic rings. The van der Waals surface area contributed by atoms with Crippen LogP contribution in [0.4, 0.5) is 10.2 Å². The molecule has 1 aromatic heterocycles. The molecule has 0 saturated heterocycles. The van der Waals surface area contributed by atoms with Gasteiger partial charge < -0.3 is 10.6 Å². The number of hydrogen-bond acceptors (Lipinski definition) is 3. The highest BCUT2D eigenvalue weighted by Gasteiger charge is 2.34. The van der Waals surface area contributed by atoms with Crippen molar-refractivity contribution >= 4 is 11.7 Å². The Bertz CT molecular complexity index is 458. The first-order valence-electron chi connectivity index (χ1n) is 6.26. The van der Waals surface area contributed by atoms with E-state index in [-0.39, 0.29) is 22.8 Å². The van der Waals surface area contributed by atoms with E-state index in [4.69, 9.17) is 0 Å². The van der Waals surface area contributed by atoms with Gasteiger partial charge >= 0.3 is 0 Å². The van der Waals surface area contributed by atoms with Gasteiger partial charge in [0, 0.05) is 18.3 Å². The summed E-state index contributed by atoms with van der Waals surface area (Å²) in [6.45, 7) is 4.40. The summed E-state index contributed by atoms with van der Waals surface area (Å²) in [5.74, 6) is -0.820. The number of aromatic nitrogens is 1. The highest BCUT2D eigenvalue weighted by molar-refractivity contribution is 5.95. The Labute approximate surface area is 106 Å². The van der Waals surface area contributed by atoms with Crippen LogP contribution < -0.4 is 10.6 Å². The molecule has 0 atom stereocenters. The van der Waals surface area contributed by atoms with Crippen molar-refractivity contribution in [1.29, 1.82) is 0 Å². The van der Waals surface area contributed by atoms with Gasteiger partial charge in [-0.2, -0.15) is 0 Å². The topological polar surface area (TPSA) is 54.0 Å². The summed E-state index contributed by atoms with van der Waals surface area (Å²) in [5, 5.41) is 5.68. The van der Waals surface area contributed by atoms with E-state index in [9.17, 15) is 9.18 Å². The van der Waals surface area contributed by atoms with Crippen LogP contribution in [0.15, 0.2) is 12.3 Å². The van der Waals surface area contributed by atoms with Crippen molar-refractivity contribution in [2.24, 2.45) is 0 Å². The predicted molar refractivity (Wildman–Crippen MR) is 68.1 cm³/mol. The Kier molecular flexibility index (Phi) is 3.50. The van der Waals surface area contributed by atoms with Crippen LogP contribution in [0.2, 0.25) is 0 Å². The monoisotopic (exact) mass is 251 g/mol. The third-order valence-electron chi connectivity index (χ3n) is 3.35. The number of rotatable bonds is 4. The van der Waals surface area contributed by atoms with Gasteiger partial charge in [-0.25, -0.2) is 9.37 Å². The zero-order valence-corrected chi connectivity index (χ0v) is 10.7. The fraction of sp³-hybridized carbons (Fsp3) is 0.538. The molecule has 0 aromatic carbocycles. The summed E-state index contributed by atoms with van der Waals surface area (Å²) >= 11 is 0. The molecule has 1 saturated carbocycles. The minimum Gasteiger partial charge on any atom is -0.368 e. The van der Waals surface area contributed by atoms with Crippen molar-refractivity contribution in [2.45, 2.75) is 38.6 Å². The first kappa shape index (κ1) is 12.8. The van der Waals surface area contributed by atoms with Gasteiger partial charge in [-0.1, -0.05) is 0 Å². The van der Waals surface area contributed by atoms with Crippen molar-refractivity contribution < 1.29 is 9.18 Å². The predicted octanol–water partition coefficient (Wildman–Crippen LogP) is 2.32. The molecule has 2 rings (SSSR count). The number of carbonyl (C=O) groups excluding carboxylic acids is 1. The second-order valence-electron chi connectivity index (χ2n) is 4.92. The number of carbonyl (C=O) groups is 1. The lowest BCUT2D eigenvalue weighted by atomic mass is 9.78. The molecule has 98 valence electrons. The molecule has 5 heteroatoms. The van der Waals surface area contributed by atoms with Crippen LogP contribution in [-0.2, 0) is 0 Å². The van der Waals surface area contributed by atoms with Gasteiger partial charge in [0.1, 0.15) is 0 Å². The van der Waals surface area contributed by atoms with Gasteiger partial charge in [-0.05, 0) is 39.2 Å². The van der Waals surface area contributed by atoms with Gasteiger partial charge in [0.05, 0.1) is 5.56 Å². The molecule has 0 unspecified atom stereocenters. The maximum atomic E-state index is 14.0. The molecular weight excluding hydrogens is 233 g/mol. The molecule has 0 radical (unpaired) electrons. The molecule has 0 aliphatic heterocycles. The third kappa shape index (κ3) is 2.44. The molecule has 4 nitrogen and oxygen atoms in total. The highest BCUT2D eigenvalue weighted by atomic mass is 19.1. The van der Waals surface area contributed by atoms with Crippen LogP contribution in [0.1, 0.15) is 43.5 Å². The fourth-order valence-electron chi connectivity index (χ4n) is 2.08. The highest BCUT2D eigenvalue weighted by Crippen LogP contribution is 2.31. The third-order valence-corrected chi connectivity index (χ3v) is 3.35. The lowest BCUT2D eigenvalue weighted by molar-refractivity contribution is 0.0846. The van der Waals surface area contributed by atoms with E-state index in [2.05, 4.69) is 15.6 Å². The van der Waals surface area contributed by atoms with E-state index in [0.29, 0.717) is 6.54 Å². The maximum Gasteiger partial charge on any atom is 0.254 e. The molecule has 1 aliphatic rings. The van der Waals surface area contributed by atoms with E-state index < -0.39 is 5.82 Å². The first-order valence-corrected chi connectivity index (χ1v) is 6.26. The SMILES string of the molecule is CCNc1nccc(C(=O)NC2(C)CCC2)c1F. The quantitative estimate of drug-likeness (QED) is 0.863. The maximum absolute atomic E-state index is 14.0. The van der Waals surface area contributed by atoms with E-state index in [1.54, 1.807) is 0 Å². The first-order chi connectivity index (χ1) is 8.56. The number of nitrogens with zero attached hydrogens (tertiary/aromatic N) is 1. The van der Waals surface area contributed by atoms with Gasteiger partial charge in [0.15, 0.2) is 11.6 Å². The van der Waals surface area contributed by atoms with Crippen molar-refractivity contribution in [3.05, 3.63) is 23.6 Å². The summed E-state index contributed by atoms with van der Waals surface area (Å²) in [5.41, 5.74) is -0.125. The lowest BCUT2D eigenvalue weighted by Crippen LogP contribution is -2.51. The van der Waals surface area contributed by atoms with Gasteiger partial charge in [-0.3, -0.25) is 4.79 Å². The molecule has 1 heterocycles. The van der Waals surface area contributed by atoms with Crippen molar-refractivity contribution in [2.75, 3.05) is 11.9 Å². The molecule has 1 amide bonds. The molecule has 1 fully saturated rings. The Morgan fingerprint density at radius 3 is 2.83 bits per heavy atom. The van der Waals surface area contributed by atoms with Crippen LogP contribution in [0, 0.1) is 5.82 Å². The smallest absolute Gasteiger partial charge is 0.254 e. The average molecular weight is 251 g/mol. The second-order valence-corrected chi connectivity index (χ2v) is 4.92. The van der Waals surface area contributed by atoms with E-state index >= 15 is 0 Å². The van der Waals surface area contributed by atoms with Crippen molar-refractivity contribution in [3.8, 4) is 0 Å². The summed E-state index contributed by atoms with van der Waals surface area (Å²) in [6, 6.07) is 1.41. The average Bonchev–Trinajstić information content (AvgIpc) is 2.30. The standard InChI is InChI=1S/C13H18FN3O/c1-3-15-11-10(14)9(5-8-16-11)12(18)17-13(2)6-4-7-13/h5,8H,3-4,6-7H2,1-2H3,(H,15,16)(H,17,18). The van der Waals surface area contributed by atoms with Crippen molar-refractivity contribution in [1.82, 2.24) is 10.3 Å². The largest absolute Gasteiger partial charge is 0.368 e. The van der Waals surface area contributed by atoms with E-state index in [1.165, 1.54) is 12.3 Å². The van der Waals surface area contributed by atoms with Gasteiger partial charge in [0.2, 0.25) is 0 Å². The van der Waals surface area contributed by atoms with Crippen LogP contribution in [0.3, 0.4) is 0 Å². The van der Waals surface area contributed by atoms with Crippen LogP contribution in [0.25, 0.3) is 0 Å². The van der Waals surface area contributed by atoms with Gasteiger partial charge in [0.25, 0.3) is 5.91 Å². The number of hydrogen-bond donors (Lipinski definition) is 2. The van der Waals surface area contributed by atoms with Crippen LogP contribution >= 0.6 is 0 Å². The van der Waals surface area contributed by atoms with Crippen LogP contribution in [-0.4, -0.2) is 23.0 Å².